The summed E-state index contributed by atoms with van der Waals surface area (Å²) in [5, 5.41) is 20.4. The topological polar surface area (TPSA) is 40.5 Å². The monoisotopic (exact) mass is 248 g/mol. The van der Waals surface area contributed by atoms with Crippen molar-refractivity contribution < 1.29 is 10.2 Å². The summed E-state index contributed by atoms with van der Waals surface area (Å²) in [5.41, 5.74) is 1.60. The molecule has 1 aromatic carbocycles. The summed E-state index contributed by atoms with van der Waals surface area (Å²) in [5.74, 6) is 1.09. The maximum Gasteiger partial charge on any atom is 0.119 e. The third kappa shape index (κ3) is 2.63. The van der Waals surface area contributed by atoms with E-state index in [0.717, 1.165) is 24.0 Å². The Kier molecular flexibility index (Phi) is 3.56. The zero-order valence-electron chi connectivity index (χ0n) is 11.7. The van der Waals surface area contributed by atoms with Gasteiger partial charge in [-0.1, -0.05) is 40.0 Å². The van der Waals surface area contributed by atoms with Crippen LogP contribution in [0.4, 0.5) is 0 Å². The van der Waals surface area contributed by atoms with Gasteiger partial charge in [0.05, 0.1) is 0 Å². The molecule has 1 aliphatic carbocycles. The largest absolute Gasteiger partial charge is 0.508 e. The summed E-state index contributed by atoms with van der Waals surface area (Å²) in [6, 6.07) is 3.53. The van der Waals surface area contributed by atoms with E-state index in [-0.39, 0.29) is 5.41 Å². The fraction of sp³-hybridized carbons (Fsp3) is 0.625. The first-order valence-corrected chi connectivity index (χ1v) is 6.96. The van der Waals surface area contributed by atoms with E-state index in [4.69, 9.17) is 0 Å². The molecule has 0 aromatic heterocycles. The Labute approximate surface area is 110 Å². The van der Waals surface area contributed by atoms with Crippen LogP contribution in [0, 0.1) is 0 Å². The number of aromatic hydroxyl groups is 2. The molecule has 0 radical (unpaired) electrons. The van der Waals surface area contributed by atoms with Gasteiger partial charge < -0.3 is 10.2 Å². The van der Waals surface area contributed by atoms with Crippen molar-refractivity contribution in [2.75, 3.05) is 0 Å². The number of phenolic OH excluding ortho intramolecular Hbond substituents is 2. The van der Waals surface area contributed by atoms with Crippen LogP contribution in [0.15, 0.2) is 12.1 Å². The second-order valence-electron chi connectivity index (χ2n) is 6.51. The quantitative estimate of drug-likeness (QED) is 0.721. The summed E-state index contributed by atoms with van der Waals surface area (Å²) in [6.45, 7) is 6.13. The molecule has 2 heteroatoms. The number of phenols is 2. The summed E-state index contributed by atoms with van der Waals surface area (Å²) in [7, 11) is 0. The van der Waals surface area contributed by atoms with E-state index in [1.165, 1.54) is 19.3 Å². The van der Waals surface area contributed by atoms with Crippen LogP contribution in [0.5, 0.6) is 11.5 Å². The highest BCUT2D eigenvalue weighted by atomic mass is 16.3. The number of rotatable bonds is 1. The molecule has 2 rings (SSSR count). The van der Waals surface area contributed by atoms with Gasteiger partial charge in [0, 0.05) is 11.1 Å². The van der Waals surface area contributed by atoms with Crippen molar-refractivity contribution in [1.82, 2.24) is 0 Å². The summed E-state index contributed by atoms with van der Waals surface area (Å²) < 4.78 is 0. The minimum atomic E-state index is -0.146. The van der Waals surface area contributed by atoms with Gasteiger partial charge in [0.25, 0.3) is 0 Å². The first kappa shape index (κ1) is 13.3. The fourth-order valence-corrected chi connectivity index (χ4v) is 2.93. The van der Waals surface area contributed by atoms with Crippen molar-refractivity contribution >= 4 is 0 Å². The summed E-state index contributed by atoms with van der Waals surface area (Å²) in [4.78, 5) is 0. The minimum absolute atomic E-state index is 0.146. The molecule has 0 atom stereocenters. The molecule has 0 spiro atoms. The van der Waals surface area contributed by atoms with E-state index < -0.39 is 0 Å². The SMILES string of the molecule is CC(C)(C)c1cc(O)c(C2CCCCC2)cc1O. The Bertz CT molecular complexity index is 423. The van der Waals surface area contributed by atoms with Gasteiger partial charge in [-0.25, -0.2) is 0 Å². The molecule has 1 aliphatic rings. The van der Waals surface area contributed by atoms with Crippen molar-refractivity contribution in [3.05, 3.63) is 23.3 Å². The number of hydrogen-bond acceptors (Lipinski definition) is 2. The van der Waals surface area contributed by atoms with E-state index >= 15 is 0 Å². The van der Waals surface area contributed by atoms with Gasteiger partial charge in [0.1, 0.15) is 11.5 Å². The average molecular weight is 248 g/mol. The molecular formula is C16H24O2. The first-order chi connectivity index (χ1) is 8.39. The predicted molar refractivity (Wildman–Crippen MR) is 74.3 cm³/mol. The number of benzene rings is 1. The molecule has 0 aliphatic heterocycles. The zero-order valence-corrected chi connectivity index (χ0v) is 11.7. The maximum absolute atomic E-state index is 10.2. The van der Waals surface area contributed by atoms with Crippen LogP contribution in [0.1, 0.15) is 69.9 Å². The van der Waals surface area contributed by atoms with Crippen LogP contribution >= 0.6 is 0 Å². The molecule has 2 N–H and O–H groups in total. The smallest absolute Gasteiger partial charge is 0.119 e. The van der Waals surface area contributed by atoms with Crippen molar-refractivity contribution in [3.63, 3.8) is 0 Å². The molecule has 0 unspecified atom stereocenters. The van der Waals surface area contributed by atoms with E-state index in [0.29, 0.717) is 17.4 Å². The van der Waals surface area contributed by atoms with Crippen LogP contribution in [-0.2, 0) is 5.41 Å². The highest BCUT2D eigenvalue weighted by molar-refractivity contribution is 5.49. The third-order valence-corrected chi connectivity index (χ3v) is 4.00. The lowest BCUT2D eigenvalue weighted by molar-refractivity contribution is 0.402. The lowest BCUT2D eigenvalue weighted by atomic mass is 9.80. The molecule has 1 saturated carbocycles. The normalized spacial score (nSPS) is 17.9. The molecule has 100 valence electrons. The van der Waals surface area contributed by atoms with E-state index in [1.54, 1.807) is 12.1 Å². The Balaban J connectivity index is 2.36. The van der Waals surface area contributed by atoms with Gasteiger partial charge in [-0.3, -0.25) is 0 Å². The minimum Gasteiger partial charge on any atom is -0.508 e. The average Bonchev–Trinajstić information content (AvgIpc) is 2.31. The Morgan fingerprint density at radius 3 is 2.11 bits per heavy atom. The number of hydrogen-bond donors (Lipinski definition) is 2. The molecule has 18 heavy (non-hydrogen) atoms. The van der Waals surface area contributed by atoms with Crippen molar-refractivity contribution in [3.8, 4) is 11.5 Å². The molecule has 0 bridgehead atoms. The highest BCUT2D eigenvalue weighted by Gasteiger charge is 2.24. The molecular weight excluding hydrogens is 224 g/mol. The van der Waals surface area contributed by atoms with Gasteiger partial charge in [0.2, 0.25) is 0 Å². The molecule has 1 fully saturated rings. The van der Waals surface area contributed by atoms with Crippen molar-refractivity contribution in [2.45, 2.75) is 64.2 Å². The van der Waals surface area contributed by atoms with E-state index in [1.807, 2.05) is 20.8 Å². The van der Waals surface area contributed by atoms with Gasteiger partial charge in [-0.2, -0.15) is 0 Å². The van der Waals surface area contributed by atoms with Crippen LogP contribution in [-0.4, -0.2) is 10.2 Å². The Morgan fingerprint density at radius 2 is 1.56 bits per heavy atom. The zero-order chi connectivity index (χ0) is 13.3. The van der Waals surface area contributed by atoms with Crippen LogP contribution < -0.4 is 0 Å². The highest BCUT2D eigenvalue weighted by Crippen LogP contribution is 2.42. The lowest BCUT2D eigenvalue weighted by Gasteiger charge is -2.26. The van der Waals surface area contributed by atoms with Crippen LogP contribution in [0.25, 0.3) is 0 Å². The van der Waals surface area contributed by atoms with Crippen molar-refractivity contribution in [2.24, 2.45) is 0 Å². The third-order valence-electron chi connectivity index (χ3n) is 4.00. The standard InChI is InChI=1S/C16H24O2/c1-16(2,3)13-10-14(17)12(9-15(13)18)11-7-5-4-6-8-11/h9-11,17-18H,4-8H2,1-3H3. The lowest BCUT2D eigenvalue weighted by Crippen LogP contribution is -2.12. The van der Waals surface area contributed by atoms with Crippen LogP contribution in [0.2, 0.25) is 0 Å². The molecule has 1 aromatic rings. The molecule has 0 saturated heterocycles. The van der Waals surface area contributed by atoms with Gasteiger partial charge in [0.15, 0.2) is 0 Å². The molecule has 0 heterocycles. The van der Waals surface area contributed by atoms with Gasteiger partial charge in [-0.05, 0) is 36.3 Å². The van der Waals surface area contributed by atoms with Crippen molar-refractivity contribution in [1.29, 1.82) is 0 Å². The summed E-state index contributed by atoms with van der Waals surface area (Å²) in [6.07, 6.45) is 6.00. The molecule has 0 amide bonds. The van der Waals surface area contributed by atoms with Crippen LogP contribution in [0.3, 0.4) is 0 Å². The van der Waals surface area contributed by atoms with Gasteiger partial charge in [-0.15, -0.1) is 0 Å². The summed E-state index contributed by atoms with van der Waals surface area (Å²) >= 11 is 0. The molecule has 2 nitrogen and oxygen atoms in total. The Hall–Kier alpha value is -1.18. The predicted octanol–water partition coefficient (Wildman–Crippen LogP) is 4.44. The van der Waals surface area contributed by atoms with Gasteiger partial charge >= 0.3 is 0 Å². The maximum atomic E-state index is 10.2. The Morgan fingerprint density at radius 1 is 0.944 bits per heavy atom. The van der Waals surface area contributed by atoms with E-state index in [2.05, 4.69) is 0 Å². The fourth-order valence-electron chi connectivity index (χ4n) is 2.93. The van der Waals surface area contributed by atoms with E-state index in [9.17, 15) is 10.2 Å². The second-order valence-corrected chi connectivity index (χ2v) is 6.51. The first-order valence-electron chi connectivity index (χ1n) is 6.96. The second kappa shape index (κ2) is 4.83.